The summed E-state index contributed by atoms with van der Waals surface area (Å²) in [7, 11) is 0. The predicted molar refractivity (Wildman–Crippen MR) is 89.0 cm³/mol. The van der Waals surface area contributed by atoms with Crippen LogP contribution in [0.3, 0.4) is 0 Å². The number of fused-ring (bicyclic) bond motifs is 1. The summed E-state index contributed by atoms with van der Waals surface area (Å²) in [6.45, 7) is 8.56. The van der Waals surface area contributed by atoms with Gasteiger partial charge in [0.25, 0.3) is 0 Å². The minimum Gasteiger partial charge on any atom is -0.376 e. The van der Waals surface area contributed by atoms with Crippen molar-refractivity contribution in [3.63, 3.8) is 0 Å². The van der Waals surface area contributed by atoms with Crippen LogP contribution in [0.1, 0.15) is 43.3 Å². The second-order valence-electron chi connectivity index (χ2n) is 5.65. The van der Waals surface area contributed by atoms with Gasteiger partial charge in [0.15, 0.2) is 5.65 Å². The van der Waals surface area contributed by atoms with E-state index >= 15 is 0 Å². The van der Waals surface area contributed by atoms with E-state index in [9.17, 15) is 0 Å². The van der Waals surface area contributed by atoms with Gasteiger partial charge in [0.05, 0.1) is 24.1 Å². The number of rotatable bonds is 4. The molecule has 4 nitrogen and oxygen atoms in total. The number of aromatic nitrogens is 3. The van der Waals surface area contributed by atoms with E-state index in [2.05, 4.69) is 60.6 Å². The molecule has 0 bridgehead atoms. The molecule has 0 saturated heterocycles. The number of hydrogen-bond donors (Lipinski definition) is 1. The fourth-order valence-electron chi connectivity index (χ4n) is 2.54. The zero-order chi connectivity index (χ0) is 15.0. The molecule has 3 rings (SSSR count). The Morgan fingerprint density at radius 3 is 2.71 bits per heavy atom. The third-order valence-corrected chi connectivity index (χ3v) is 4.80. The molecule has 0 aliphatic carbocycles. The number of pyridine rings is 1. The number of thiophene rings is 1. The van der Waals surface area contributed by atoms with E-state index in [-0.39, 0.29) is 6.04 Å². The molecule has 1 unspecified atom stereocenters. The Labute approximate surface area is 128 Å². The fourth-order valence-corrected chi connectivity index (χ4v) is 3.48. The van der Waals surface area contributed by atoms with Gasteiger partial charge in [-0.2, -0.15) is 5.10 Å². The van der Waals surface area contributed by atoms with E-state index in [1.54, 1.807) is 11.3 Å². The van der Waals surface area contributed by atoms with Crippen molar-refractivity contribution >= 4 is 28.1 Å². The van der Waals surface area contributed by atoms with Gasteiger partial charge < -0.3 is 5.32 Å². The summed E-state index contributed by atoms with van der Waals surface area (Å²) in [4.78, 5) is 5.93. The van der Waals surface area contributed by atoms with Gasteiger partial charge in [-0.25, -0.2) is 9.67 Å². The van der Waals surface area contributed by atoms with E-state index < -0.39 is 0 Å². The molecule has 3 heterocycles. The number of aryl methyl sites for hydroxylation is 1. The minimum atomic E-state index is 0.282. The zero-order valence-electron chi connectivity index (χ0n) is 12.8. The van der Waals surface area contributed by atoms with Crippen LogP contribution in [0.2, 0.25) is 0 Å². The molecule has 3 aromatic heterocycles. The monoisotopic (exact) mass is 300 g/mol. The molecule has 0 aromatic carbocycles. The molecule has 0 amide bonds. The maximum absolute atomic E-state index is 4.56. The number of hydrogen-bond acceptors (Lipinski definition) is 4. The average Bonchev–Trinajstić information content (AvgIpc) is 3.04. The van der Waals surface area contributed by atoms with Gasteiger partial charge in [-0.15, -0.1) is 11.3 Å². The van der Waals surface area contributed by atoms with Crippen LogP contribution in [0.25, 0.3) is 11.0 Å². The molecular formula is C16H20N4S. The Balaban J connectivity index is 1.87. The van der Waals surface area contributed by atoms with Crippen LogP contribution in [0.15, 0.2) is 29.9 Å². The van der Waals surface area contributed by atoms with Crippen molar-refractivity contribution in [3.8, 4) is 0 Å². The Kier molecular flexibility index (Phi) is 3.68. The van der Waals surface area contributed by atoms with Crippen LogP contribution < -0.4 is 5.32 Å². The SMILES string of the molecule is Cc1ccsc1C(C)Nc1cnc2c(cnn2C(C)C)c1. The molecular weight excluding hydrogens is 280 g/mol. The van der Waals surface area contributed by atoms with Crippen molar-refractivity contribution in [1.29, 1.82) is 0 Å². The summed E-state index contributed by atoms with van der Waals surface area (Å²) in [6.07, 6.45) is 3.77. The smallest absolute Gasteiger partial charge is 0.158 e. The molecule has 0 aliphatic rings. The van der Waals surface area contributed by atoms with Crippen LogP contribution in [0.4, 0.5) is 5.69 Å². The highest BCUT2D eigenvalue weighted by Gasteiger charge is 2.12. The van der Waals surface area contributed by atoms with Gasteiger partial charge in [0, 0.05) is 16.3 Å². The lowest BCUT2D eigenvalue weighted by Gasteiger charge is -2.15. The van der Waals surface area contributed by atoms with Crippen molar-refractivity contribution in [2.24, 2.45) is 0 Å². The molecule has 0 saturated carbocycles. The first kappa shape index (κ1) is 14.1. The third-order valence-electron chi connectivity index (χ3n) is 3.60. The standard InChI is InChI=1S/C16H20N4S/c1-10(2)20-16-13(8-18-20)7-14(9-17-16)19-12(4)15-11(3)5-6-21-15/h5-10,12,19H,1-4H3. The number of anilines is 1. The molecule has 0 fully saturated rings. The Morgan fingerprint density at radius 1 is 1.24 bits per heavy atom. The lowest BCUT2D eigenvalue weighted by molar-refractivity contribution is 0.546. The second-order valence-corrected chi connectivity index (χ2v) is 6.60. The van der Waals surface area contributed by atoms with Crippen LogP contribution in [-0.4, -0.2) is 14.8 Å². The van der Waals surface area contributed by atoms with Crippen LogP contribution in [0.5, 0.6) is 0 Å². The van der Waals surface area contributed by atoms with Gasteiger partial charge in [-0.3, -0.25) is 0 Å². The Bertz CT molecular complexity index is 757. The molecule has 0 spiro atoms. The molecule has 3 aromatic rings. The molecule has 0 radical (unpaired) electrons. The van der Waals surface area contributed by atoms with Gasteiger partial charge in [0.2, 0.25) is 0 Å². The summed E-state index contributed by atoms with van der Waals surface area (Å²) >= 11 is 1.79. The largest absolute Gasteiger partial charge is 0.376 e. The van der Waals surface area contributed by atoms with E-state index in [0.29, 0.717) is 6.04 Å². The van der Waals surface area contributed by atoms with Crippen LogP contribution in [-0.2, 0) is 0 Å². The first-order chi connectivity index (χ1) is 10.1. The predicted octanol–water partition coefficient (Wildman–Crippen LogP) is 4.56. The van der Waals surface area contributed by atoms with Gasteiger partial charge >= 0.3 is 0 Å². The van der Waals surface area contributed by atoms with Crippen molar-refractivity contribution in [3.05, 3.63) is 40.3 Å². The van der Waals surface area contributed by atoms with Crippen LogP contribution >= 0.6 is 11.3 Å². The summed E-state index contributed by atoms with van der Waals surface area (Å²) in [6, 6.07) is 4.88. The summed E-state index contributed by atoms with van der Waals surface area (Å²) in [5.74, 6) is 0. The van der Waals surface area contributed by atoms with E-state index in [0.717, 1.165) is 16.7 Å². The topological polar surface area (TPSA) is 42.7 Å². The van der Waals surface area contributed by atoms with Crippen molar-refractivity contribution in [1.82, 2.24) is 14.8 Å². The van der Waals surface area contributed by atoms with Crippen LogP contribution in [0, 0.1) is 6.92 Å². The lowest BCUT2D eigenvalue weighted by Crippen LogP contribution is -2.07. The minimum absolute atomic E-state index is 0.282. The maximum Gasteiger partial charge on any atom is 0.158 e. The zero-order valence-corrected chi connectivity index (χ0v) is 13.6. The van der Waals surface area contributed by atoms with E-state index in [1.807, 2.05) is 17.1 Å². The fraction of sp³-hybridized carbons (Fsp3) is 0.375. The third kappa shape index (κ3) is 2.65. The van der Waals surface area contributed by atoms with Gasteiger partial charge in [0.1, 0.15) is 0 Å². The highest BCUT2D eigenvalue weighted by atomic mass is 32.1. The van der Waals surface area contributed by atoms with E-state index in [1.165, 1.54) is 10.4 Å². The average molecular weight is 300 g/mol. The number of nitrogens with one attached hydrogen (secondary N) is 1. The van der Waals surface area contributed by atoms with Crippen molar-refractivity contribution in [2.45, 2.75) is 39.8 Å². The first-order valence-electron chi connectivity index (χ1n) is 7.20. The van der Waals surface area contributed by atoms with Crippen molar-refractivity contribution in [2.75, 3.05) is 5.32 Å². The highest BCUT2D eigenvalue weighted by molar-refractivity contribution is 7.10. The molecule has 5 heteroatoms. The Morgan fingerprint density at radius 2 is 2.05 bits per heavy atom. The summed E-state index contributed by atoms with van der Waals surface area (Å²) in [5.41, 5.74) is 3.31. The summed E-state index contributed by atoms with van der Waals surface area (Å²) < 4.78 is 1.95. The molecule has 110 valence electrons. The normalized spacial score (nSPS) is 13.0. The molecule has 0 aliphatic heterocycles. The highest BCUT2D eigenvalue weighted by Crippen LogP contribution is 2.27. The van der Waals surface area contributed by atoms with Gasteiger partial charge in [-0.1, -0.05) is 0 Å². The van der Waals surface area contributed by atoms with E-state index in [4.69, 9.17) is 0 Å². The maximum atomic E-state index is 4.56. The first-order valence-corrected chi connectivity index (χ1v) is 8.08. The lowest BCUT2D eigenvalue weighted by atomic mass is 10.2. The molecule has 1 N–H and O–H groups in total. The second kappa shape index (κ2) is 5.48. The Hall–Kier alpha value is -1.88. The van der Waals surface area contributed by atoms with Crippen molar-refractivity contribution < 1.29 is 0 Å². The van der Waals surface area contributed by atoms with Gasteiger partial charge in [-0.05, 0) is 50.8 Å². The quantitative estimate of drug-likeness (QED) is 0.768. The molecule has 1 atom stereocenters. The molecule has 21 heavy (non-hydrogen) atoms. The number of nitrogens with zero attached hydrogens (tertiary/aromatic N) is 3. The summed E-state index contributed by atoms with van der Waals surface area (Å²) in [5, 5.41) is 11.1.